The molecule has 1 unspecified atom stereocenters. The van der Waals surface area contributed by atoms with Crippen LogP contribution in [0.4, 0.5) is 0 Å². The van der Waals surface area contributed by atoms with Crippen molar-refractivity contribution < 1.29 is 4.79 Å². The van der Waals surface area contributed by atoms with E-state index >= 15 is 0 Å². The molecule has 0 bridgehead atoms. The van der Waals surface area contributed by atoms with Crippen LogP contribution in [-0.4, -0.2) is 29.8 Å². The normalized spacial score (nSPS) is 19.4. The highest BCUT2D eigenvalue weighted by Crippen LogP contribution is 2.15. The minimum atomic E-state index is 0.0141. The zero-order valence-corrected chi connectivity index (χ0v) is 10.0. The molecule has 0 saturated heterocycles. The molecule has 0 radical (unpaired) electrons. The molecule has 0 aromatic carbocycles. The molecule has 1 aromatic rings. The van der Waals surface area contributed by atoms with Crippen LogP contribution in [0.15, 0.2) is 17.1 Å². The summed E-state index contributed by atoms with van der Waals surface area (Å²) < 4.78 is 0. The van der Waals surface area contributed by atoms with Crippen molar-refractivity contribution in [3.63, 3.8) is 0 Å². The molecular formula is C10H12N2OS2. The van der Waals surface area contributed by atoms with Gasteiger partial charge in [0.1, 0.15) is 0 Å². The third kappa shape index (κ3) is 2.82. The van der Waals surface area contributed by atoms with E-state index in [0.717, 1.165) is 15.5 Å². The number of aryl methyl sites for hydroxylation is 1. The Balaban J connectivity index is 1.84. The predicted molar refractivity (Wildman–Crippen MR) is 66.1 cm³/mol. The van der Waals surface area contributed by atoms with Gasteiger partial charge in [-0.05, 0) is 19.1 Å². The molecule has 1 aromatic heterocycles. The van der Waals surface area contributed by atoms with Gasteiger partial charge in [-0.1, -0.05) is 0 Å². The first-order valence-corrected chi connectivity index (χ1v) is 6.60. The second-order valence-electron chi connectivity index (χ2n) is 3.36. The molecule has 1 N–H and O–H groups in total. The number of amides is 1. The molecule has 1 aliphatic heterocycles. The first kappa shape index (κ1) is 10.7. The van der Waals surface area contributed by atoms with Gasteiger partial charge < -0.3 is 5.32 Å². The molecule has 15 heavy (non-hydrogen) atoms. The lowest BCUT2D eigenvalue weighted by atomic mass is 10.3. The topological polar surface area (TPSA) is 41.5 Å². The third-order valence-electron chi connectivity index (χ3n) is 2.10. The summed E-state index contributed by atoms with van der Waals surface area (Å²) in [6.45, 7) is 2.64. The Hall–Kier alpha value is -0.810. The second kappa shape index (κ2) is 4.81. The Morgan fingerprint density at radius 2 is 2.53 bits per heavy atom. The van der Waals surface area contributed by atoms with Crippen LogP contribution in [0, 0.1) is 6.92 Å². The van der Waals surface area contributed by atoms with Crippen molar-refractivity contribution in [2.45, 2.75) is 13.0 Å². The number of carbonyl (C=O) groups excluding carboxylic acids is 1. The average molecular weight is 240 g/mol. The predicted octanol–water partition coefficient (Wildman–Crippen LogP) is 1.93. The molecule has 0 aliphatic carbocycles. The Kier molecular flexibility index (Phi) is 3.43. The van der Waals surface area contributed by atoms with Crippen molar-refractivity contribution in [1.29, 1.82) is 0 Å². The summed E-state index contributed by atoms with van der Waals surface area (Å²) in [5.41, 5.74) is 1.85. The number of aliphatic imine (C=N–C) groups is 1. The number of nitrogens with zero attached hydrogens (tertiary/aromatic N) is 1. The average Bonchev–Trinajstić information content (AvgIpc) is 2.84. The molecule has 2 rings (SSSR count). The van der Waals surface area contributed by atoms with Crippen molar-refractivity contribution in [2.75, 3.05) is 12.3 Å². The molecule has 0 fully saturated rings. The van der Waals surface area contributed by atoms with Gasteiger partial charge in [-0.3, -0.25) is 9.79 Å². The van der Waals surface area contributed by atoms with E-state index in [-0.39, 0.29) is 11.9 Å². The van der Waals surface area contributed by atoms with Crippen molar-refractivity contribution in [3.05, 3.63) is 21.9 Å². The lowest BCUT2D eigenvalue weighted by molar-refractivity contribution is 0.0956. The van der Waals surface area contributed by atoms with Gasteiger partial charge in [0, 0.05) is 17.2 Å². The molecule has 1 atom stereocenters. The monoisotopic (exact) mass is 240 g/mol. The Morgan fingerprint density at radius 1 is 1.67 bits per heavy atom. The van der Waals surface area contributed by atoms with Gasteiger partial charge in [0.25, 0.3) is 5.91 Å². The maximum atomic E-state index is 11.7. The Labute approximate surface area is 97.0 Å². The fraction of sp³-hybridized carbons (Fsp3) is 0.400. The fourth-order valence-electron chi connectivity index (χ4n) is 1.29. The van der Waals surface area contributed by atoms with Gasteiger partial charge in [0.15, 0.2) is 0 Å². The summed E-state index contributed by atoms with van der Waals surface area (Å²) in [5.74, 6) is 0.990. The smallest absolute Gasteiger partial charge is 0.261 e. The van der Waals surface area contributed by atoms with E-state index in [2.05, 4.69) is 10.3 Å². The van der Waals surface area contributed by atoms with E-state index in [9.17, 15) is 4.79 Å². The number of hydrogen-bond acceptors (Lipinski definition) is 4. The van der Waals surface area contributed by atoms with Gasteiger partial charge in [0.2, 0.25) is 0 Å². The van der Waals surface area contributed by atoms with Crippen LogP contribution < -0.4 is 5.32 Å². The standard InChI is InChI=1S/C10H12N2OS2/c1-7-2-3-9(15-7)10(13)11-4-8-5-14-6-12-8/h2-3,6,8H,4-5H2,1H3,(H,11,13). The lowest BCUT2D eigenvalue weighted by Crippen LogP contribution is -2.30. The van der Waals surface area contributed by atoms with Gasteiger partial charge in [-0.2, -0.15) is 0 Å². The first-order chi connectivity index (χ1) is 7.25. The van der Waals surface area contributed by atoms with E-state index < -0.39 is 0 Å². The molecule has 80 valence electrons. The first-order valence-electron chi connectivity index (χ1n) is 4.73. The van der Waals surface area contributed by atoms with Crippen molar-refractivity contribution in [2.24, 2.45) is 4.99 Å². The van der Waals surface area contributed by atoms with Gasteiger partial charge in [-0.25, -0.2) is 0 Å². The van der Waals surface area contributed by atoms with E-state index in [1.807, 2.05) is 24.6 Å². The molecule has 0 spiro atoms. The number of hydrogen-bond donors (Lipinski definition) is 1. The van der Waals surface area contributed by atoms with Crippen LogP contribution in [0.3, 0.4) is 0 Å². The summed E-state index contributed by atoms with van der Waals surface area (Å²) in [7, 11) is 0. The highest BCUT2D eigenvalue weighted by Gasteiger charge is 2.13. The number of rotatable bonds is 3. The fourth-order valence-corrected chi connectivity index (χ4v) is 2.85. The van der Waals surface area contributed by atoms with Crippen LogP contribution in [0.1, 0.15) is 14.5 Å². The Morgan fingerprint density at radius 3 is 3.13 bits per heavy atom. The zero-order chi connectivity index (χ0) is 10.7. The quantitative estimate of drug-likeness (QED) is 0.877. The van der Waals surface area contributed by atoms with Crippen molar-refractivity contribution in [3.8, 4) is 0 Å². The summed E-state index contributed by atoms with van der Waals surface area (Å²) in [4.78, 5) is 17.8. The van der Waals surface area contributed by atoms with E-state index in [1.54, 1.807) is 11.8 Å². The van der Waals surface area contributed by atoms with E-state index in [4.69, 9.17) is 0 Å². The zero-order valence-electron chi connectivity index (χ0n) is 8.40. The molecule has 3 nitrogen and oxygen atoms in total. The largest absolute Gasteiger partial charge is 0.349 e. The summed E-state index contributed by atoms with van der Waals surface area (Å²) in [6.07, 6.45) is 0. The highest BCUT2D eigenvalue weighted by molar-refractivity contribution is 8.12. The van der Waals surface area contributed by atoms with Crippen LogP contribution in [0.2, 0.25) is 0 Å². The maximum absolute atomic E-state index is 11.7. The van der Waals surface area contributed by atoms with Gasteiger partial charge in [0.05, 0.1) is 16.5 Å². The maximum Gasteiger partial charge on any atom is 0.261 e. The molecular weight excluding hydrogens is 228 g/mol. The number of thiophene rings is 1. The van der Waals surface area contributed by atoms with Crippen LogP contribution in [-0.2, 0) is 0 Å². The summed E-state index contributed by atoms with van der Waals surface area (Å²) >= 11 is 3.22. The second-order valence-corrected chi connectivity index (χ2v) is 5.53. The van der Waals surface area contributed by atoms with Crippen LogP contribution in [0.25, 0.3) is 0 Å². The molecule has 1 aliphatic rings. The Bertz CT molecular complexity index is 387. The third-order valence-corrected chi connectivity index (χ3v) is 3.94. The molecule has 1 amide bonds. The van der Waals surface area contributed by atoms with E-state index in [0.29, 0.717) is 6.54 Å². The van der Waals surface area contributed by atoms with Gasteiger partial charge in [-0.15, -0.1) is 23.1 Å². The molecule has 0 saturated carbocycles. The summed E-state index contributed by atoms with van der Waals surface area (Å²) in [6, 6.07) is 4.07. The van der Waals surface area contributed by atoms with Crippen LogP contribution >= 0.6 is 23.1 Å². The molecule has 2 heterocycles. The van der Waals surface area contributed by atoms with Gasteiger partial charge >= 0.3 is 0 Å². The minimum Gasteiger partial charge on any atom is -0.349 e. The van der Waals surface area contributed by atoms with Crippen molar-refractivity contribution >= 4 is 34.6 Å². The van der Waals surface area contributed by atoms with E-state index in [1.165, 1.54) is 11.3 Å². The number of nitrogens with one attached hydrogen (secondary N) is 1. The summed E-state index contributed by atoms with van der Waals surface area (Å²) in [5, 5.41) is 2.90. The van der Waals surface area contributed by atoms with Crippen LogP contribution in [0.5, 0.6) is 0 Å². The van der Waals surface area contributed by atoms with Crippen molar-refractivity contribution in [1.82, 2.24) is 5.32 Å². The highest BCUT2D eigenvalue weighted by atomic mass is 32.2. The lowest BCUT2D eigenvalue weighted by Gasteiger charge is -2.06. The number of thioether (sulfide) groups is 1. The molecule has 5 heteroatoms. The minimum absolute atomic E-state index is 0.0141. The SMILES string of the molecule is Cc1ccc(C(=O)NCC2CSC=N2)s1. The number of carbonyl (C=O) groups is 1.